The molecule has 1 aliphatic rings. The van der Waals surface area contributed by atoms with Crippen molar-refractivity contribution >= 4 is 21.8 Å². The first-order valence-electron chi connectivity index (χ1n) is 9.17. The number of β-amino-alcohol motifs (C(OH)–C–C–N with tert-alkyl or cyclic N) is 1. The summed E-state index contributed by atoms with van der Waals surface area (Å²) in [5.41, 5.74) is 5.17. The zero-order chi connectivity index (χ0) is 20.9. The molecule has 0 aliphatic carbocycles. The van der Waals surface area contributed by atoms with Gasteiger partial charge in [0, 0.05) is 24.7 Å². The molecule has 2 rings (SSSR count). The number of sulfonamides is 1. The monoisotopic (exact) mass is 411 g/mol. The van der Waals surface area contributed by atoms with Crippen LogP contribution in [0.1, 0.15) is 33.1 Å². The maximum atomic E-state index is 12.9. The molecule has 2 amide bonds. The molecule has 0 aromatic carbocycles. The topological polar surface area (TPSA) is 143 Å². The molecule has 10 heteroatoms. The van der Waals surface area contributed by atoms with E-state index in [1.54, 1.807) is 26.0 Å². The van der Waals surface area contributed by atoms with Crippen LogP contribution < -0.4 is 11.1 Å². The Balaban J connectivity index is 2.04. The van der Waals surface area contributed by atoms with Gasteiger partial charge in [-0.1, -0.05) is 13.0 Å². The summed E-state index contributed by atoms with van der Waals surface area (Å²) in [5, 5.41) is 13.2. The molecule has 28 heavy (non-hydrogen) atoms. The van der Waals surface area contributed by atoms with E-state index in [0.717, 1.165) is 0 Å². The first-order valence-corrected chi connectivity index (χ1v) is 10.6. The Morgan fingerprint density at radius 3 is 2.75 bits per heavy atom. The largest absolute Gasteiger partial charge is 0.390 e. The van der Waals surface area contributed by atoms with Gasteiger partial charge >= 0.3 is 0 Å². The third-order valence-corrected chi connectivity index (χ3v) is 6.80. The van der Waals surface area contributed by atoms with Crippen molar-refractivity contribution in [2.24, 2.45) is 11.7 Å². The van der Waals surface area contributed by atoms with Gasteiger partial charge in [0.1, 0.15) is 0 Å². The van der Waals surface area contributed by atoms with Gasteiger partial charge in [-0.25, -0.2) is 13.4 Å². The summed E-state index contributed by atoms with van der Waals surface area (Å²) in [6.45, 7) is 3.23. The Kier molecular flexibility index (Phi) is 7.50. The molecule has 1 aromatic rings. The fraction of sp³-hybridized carbons (Fsp3) is 0.556. The average molecular weight is 412 g/mol. The van der Waals surface area contributed by atoms with E-state index in [1.807, 2.05) is 0 Å². The third kappa shape index (κ3) is 5.49. The maximum absolute atomic E-state index is 12.9. The highest BCUT2D eigenvalue weighted by Crippen LogP contribution is 2.24. The lowest BCUT2D eigenvalue weighted by molar-refractivity contribution is -0.121. The highest BCUT2D eigenvalue weighted by atomic mass is 32.2. The van der Waals surface area contributed by atoms with Crippen molar-refractivity contribution in [3.05, 3.63) is 30.8 Å². The molecule has 1 radical (unpaired) electrons. The van der Waals surface area contributed by atoms with Crippen molar-refractivity contribution in [3.63, 3.8) is 0 Å². The van der Waals surface area contributed by atoms with Crippen LogP contribution in [0.15, 0.2) is 29.4 Å². The van der Waals surface area contributed by atoms with E-state index >= 15 is 0 Å². The van der Waals surface area contributed by atoms with Gasteiger partial charge in [0.2, 0.25) is 11.8 Å². The second-order valence-corrected chi connectivity index (χ2v) is 8.93. The number of amides is 2. The lowest BCUT2D eigenvalue weighted by atomic mass is 10.0. The number of hydrogen-bond acceptors (Lipinski definition) is 6. The molecule has 1 aromatic heterocycles. The number of nitrogens with two attached hydrogens (primary N) is 1. The van der Waals surface area contributed by atoms with Gasteiger partial charge in [-0.05, 0) is 38.3 Å². The van der Waals surface area contributed by atoms with E-state index in [2.05, 4.69) is 10.3 Å². The van der Waals surface area contributed by atoms with E-state index in [-0.39, 0.29) is 24.0 Å². The van der Waals surface area contributed by atoms with E-state index in [9.17, 15) is 23.1 Å². The van der Waals surface area contributed by atoms with Gasteiger partial charge in [0.15, 0.2) is 5.03 Å². The molecule has 0 bridgehead atoms. The first kappa shape index (κ1) is 22.3. The summed E-state index contributed by atoms with van der Waals surface area (Å²) < 4.78 is 27.0. The van der Waals surface area contributed by atoms with Crippen molar-refractivity contribution in [1.82, 2.24) is 14.6 Å². The number of nitrogens with zero attached hydrogens (tertiary/aromatic N) is 2. The Hall–Kier alpha value is -2.04. The lowest BCUT2D eigenvalue weighted by Crippen LogP contribution is -2.48. The van der Waals surface area contributed by atoms with Crippen molar-refractivity contribution in [2.75, 3.05) is 6.54 Å². The zero-order valence-electron chi connectivity index (χ0n) is 16.0. The molecule has 2 heterocycles. The highest BCUT2D eigenvalue weighted by molar-refractivity contribution is 7.89. The molecule has 155 valence electrons. The molecule has 0 unspecified atom stereocenters. The number of rotatable bonds is 7. The minimum Gasteiger partial charge on any atom is -0.390 e. The quantitative estimate of drug-likeness (QED) is 0.568. The third-order valence-electron chi connectivity index (χ3n) is 4.90. The predicted molar refractivity (Wildman–Crippen MR) is 102 cm³/mol. The number of hydrogen-bond donors (Lipinski definition) is 3. The van der Waals surface area contributed by atoms with Crippen LogP contribution in [0.25, 0.3) is 0 Å². The number of carbonyl (C=O) groups is 2. The number of carbonyl (C=O) groups excluding carboxylic acids is 2. The number of aromatic nitrogens is 1. The van der Waals surface area contributed by atoms with Crippen molar-refractivity contribution in [2.45, 2.75) is 56.3 Å². The van der Waals surface area contributed by atoms with E-state index in [1.165, 1.54) is 23.0 Å². The minimum absolute atomic E-state index is 0.0784. The molecule has 0 saturated carbocycles. The van der Waals surface area contributed by atoms with Crippen LogP contribution in [0.5, 0.6) is 0 Å². The van der Waals surface area contributed by atoms with E-state index < -0.39 is 39.9 Å². The number of nitrogens with one attached hydrogen (secondary N) is 1. The molecule has 0 spiro atoms. The normalized spacial score (nSPS) is 24.9. The van der Waals surface area contributed by atoms with E-state index in [4.69, 9.17) is 5.73 Å². The molecule has 4 atom stereocenters. The number of pyridine rings is 1. The summed E-state index contributed by atoms with van der Waals surface area (Å²) in [5.74, 6) is -1.39. The standard InChI is InChI=1S/C18H27N4O5S/c1-12(18(19)25)6-9-16(24)21-14-8-7-13(2)22(11-15(14)23)28(26,27)17-5-3-4-10-20-17/h3-5,9-10,12-15,23H,6-8,11H2,1-2H3,(H2,19,25)(H,21,24)/t12-,13-,14-,15-/m0/s1. The fourth-order valence-corrected chi connectivity index (χ4v) is 4.63. The number of primary amides is 1. The summed E-state index contributed by atoms with van der Waals surface area (Å²) in [6.07, 6.45) is 2.72. The van der Waals surface area contributed by atoms with Gasteiger partial charge in [-0.15, -0.1) is 0 Å². The summed E-state index contributed by atoms with van der Waals surface area (Å²) in [4.78, 5) is 27.1. The van der Waals surface area contributed by atoms with Crippen LogP contribution in [0.3, 0.4) is 0 Å². The number of aliphatic hydroxyl groups is 1. The molecule has 4 N–H and O–H groups in total. The Bertz CT molecular complexity index is 786. The minimum atomic E-state index is -3.86. The summed E-state index contributed by atoms with van der Waals surface area (Å²) in [6, 6.07) is 3.67. The van der Waals surface area contributed by atoms with Gasteiger partial charge in [0.25, 0.3) is 10.0 Å². The molecular formula is C18H27N4O5S. The second-order valence-electron chi connectivity index (χ2n) is 7.09. The van der Waals surface area contributed by atoms with Crippen LogP contribution in [0.2, 0.25) is 0 Å². The summed E-state index contributed by atoms with van der Waals surface area (Å²) >= 11 is 0. The molecule has 9 nitrogen and oxygen atoms in total. The van der Waals surface area contributed by atoms with Crippen LogP contribution >= 0.6 is 0 Å². The van der Waals surface area contributed by atoms with Gasteiger partial charge < -0.3 is 16.2 Å². The van der Waals surface area contributed by atoms with E-state index in [0.29, 0.717) is 12.8 Å². The lowest BCUT2D eigenvalue weighted by Gasteiger charge is -2.27. The molecule has 1 saturated heterocycles. The van der Waals surface area contributed by atoms with Gasteiger partial charge in [-0.3, -0.25) is 9.59 Å². The van der Waals surface area contributed by atoms with Crippen LogP contribution in [-0.2, 0) is 19.6 Å². The van der Waals surface area contributed by atoms with Crippen molar-refractivity contribution < 1.29 is 23.1 Å². The van der Waals surface area contributed by atoms with Crippen LogP contribution in [-0.4, -0.2) is 59.4 Å². The van der Waals surface area contributed by atoms with Crippen LogP contribution in [0.4, 0.5) is 0 Å². The summed E-state index contributed by atoms with van der Waals surface area (Å²) in [7, 11) is -3.86. The van der Waals surface area contributed by atoms with Gasteiger partial charge in [-0.2, -0.15) is 4.31 Å². The Labute approximate surface area is 165 Å². The molecular weight excluding hydrogens is 384 g/mol. The maximum Gasteiger partial charge on any atom is 0.260 e. The van der Waals surface area contributed by atoms with Crippen molar-refractivity contribution in [3.8, 4) is 0 Å². The van der Waals surface area contributed by atoms with Gasteiger partial charge in [0.05, 0.1) is 18.6 Å². The first-order chi connectivity index (χ1) is 13.1. The fourth-order valence-electron chi connectivity index (χ4n) is 3.01. The smallest absolute Gasteiger partial charge is 0.260 e. The highest BCUT2D eigenvalue weighted by Gasteiger charge is 2.37. The predicted octanol–water partition coefficient (Wildman–Crippen LogP) is -0.184. The van der Waals surface area contributed by atoms with Crippen molar-refractivity contribution in [1.29, 1.82) is 0 Å². The average Bonchev–Trinajstić information content (AvgIpc) is 2.80. The second kappa shape index (κ2) is 9.44. The SMILES string of the molecule is C[C@@H](C[CH]C(=O)N[C@H]1CC[C@H](C)N(S(=O)(=O)c2ccccn2)C[C@@H]1O)C(N)=O. The zero-order valence-corrected chi connectivity index (χ0v) is 16.8. The molecule has 1 aliphatic heterocycles. The Morgan fingerprint density at radius 1 is 1.43 bits per heavy atom. The molecule has 1 fully saturated rings. The Morgan fingerprint density at radius 2 is 2.14 bits per heavy atom. The number of aliphatic hydroxyl groups excluding tert-OH is 1. The van der Waals surface area contributed by atoms with Crippen LogP contribution in [0, 0.1) is 12.3 Å².